The summed E-state index contributed by atoms with van der Waals surface area (Å²) in [6.45, 7) is 2.84. The van der Waals surface area contributed by atoms with Gasteiger partial charge in [-0.3, -0.25) is 4.79 Å². The number of hydrogen-bond donors (Lipinski definition) is 2. The summed E-state index contributed by atoms with van der Waals surface area (Å²) < 4.78 is 10.4. The summed E-state index contributed by atoms with van der Waals surface area (Å²) in [5.41, 5.74) is 2.04. The van der Waals surface area contributed by atoms with Gasteiger partial charge < -0.3 is 24.8 Å². The topological polar surface area (TPSA) is 88.1 Å². The molecule has 2 N–H and O–H groups in total. The molecule has 1 heterocycles. The number of hydrogen-bond acceptors (Lipinski definition) is 4. The van der Waals surface area contributed by atoms with Crippen LogP contribution in [0, 0.1) is 5.92 Å². The monoisotopic (exact) mass is 336 g/mol. The highest BCUT2D eigenvalue weighted by Crippen LogP contribution is 2.16. The van der Waals surface area contributed by atoms with Gasteiger partial charge in [0.05, 0.1) is 25.7 Å². The summed E-state index contributed by atoms with van der Waals surface area (Å²) in [5.74, 6) is -1.29. The lowest BCUT2D eigenvalue weighted by Crippen LogP contribution is -2.38. The Morgan fingerprint density at radius 3 is 2.58 bits per heavy atom. The zero-order valence-electron chi connectivity index (χ0n) is 13.9. The Hall–Kier alpha value is -2.12. The number of methoxy groups -OCH3 is 1. The van der Waals surface area contributed by atoms with Crippen LogP contribution in [0.3, 0.4) is 0 Å². The van der Waals surface area contributed by atoms with Gasteiger partial charge in [0.2, 0.25) is 0 Å². The number of amides is 2. The minimum Gasteiger partial charge on any atom is -0.481 e. The third-order valence-corrected chi connectivity index (χ3v) is 3.99. The first-order chi connectivity index (χ1) is 11.6. The fourth-order valence-electron chi connectivity index (χ4n) is 2.52. The number of urea groups is 1. The number of carboxylic acid groups (broad SMARTS) is 1. The minimum absolute atomic E-state index is 0.217. The molecule has 7 nitrogen and oxygen atoms in total. The lowest BCUT2D eigenvalue weighted by molar-refractivity contribution is -0.141. The molecule has 1 fully saturated rings. The predicted molar refractivity (Wildman–Crippen MR) is 87.5 cm³/mol. The molecular weight excluding hydrogens is 312 g/mol. The molecule has 2 amide bonds. The SMILES string of the molecule is COCCOCc1ccc(CNC(=O)N2CCC(C(=O)O)C2)cc1. The molecule has 0 bridgehead atoms. The van der Waals surface area contributed by atoms with Gasteiger partial charge in [-0.2, -0.15) is 0 Å². The second kappa shape index (κ2) is 9.24. The third-order valence-electron chi connectivity index (χ3n) is 3.99. The Morgan fingerprint density at radius 1 is 1.25 bits per heavy atom. The lowest BCUT2D eigenvalue weighted by atomic mass is 10.1. The summed E-state index contributed by atoms with van der Waals surface area (Å²) in [6.07, 6.45) is 0.514. The van der Waals surface area contributed by atoms with Gasteiger partial charge in [0.15, 0.2) is 0 Å². The van der Waals surface area contributed by atoms with Gasteiger partial charge >= 0.3 is 12.0 Å². The number of ether oxygens (including phenoxy) is 2. The second-order valence-corrected chi connectivity index (χ2v) is 5.79. The summed E-state index contributed by atoms with van der Waals surface area (Å²) in [7, 11) is 1.64. The Morgan fingerprint density at radius 2 is 1.96 bits per heavy atom. The molecule has 1 aromatic carbocycles. The zero-order chi connectivity index (χ0) is 17.4. The molecule has 1 saturated heterocycles. The molecule has 132 valence electrons. The molecule has 0 spiro atoms. The summed E-state index contributed by atoms with van der Waals surface area (Å²) >= 11 is 0. The van der Waals surface area contributed by atoms with Crippen molar-refractivity contribution in [1.29, 1.82) is 0 Å². The largest absolute Gasteiger partial charge is 0.481 e. The van der Waals surface area contributed by atoms with E-state index in [2.05, 4.69) is 5.32 Å². The molecule has 0 saturated carbocycles. The summed E-state index contributed by atoms with van der Waals surface area (Å²) in [5, 5.41) is 11.8. The molecule has 0 radical (unpaired) electrons. The molecule has 24 heavy (non-hydrogen) atoms. The van der Waals surface area contributed by atoms with Crippen LogP contribution in [0.4, 0.5) is 4.79 Å². The van der Waals surface area contributed by atoms with E-state index in [0.717, 1.165) is 11.1 Å². The predicted octanol–water partition coefficient (Wildman–Crippen LogP) is 1.47. The Balaban J connectivity index is 1.72. The number of likely N-dealkylation sites (tertiary alicyclic amines) is 1. The van der Waals surface area contributed by atoms with E-state index in [1.165, 1.54) is 0 Å². The van der Waals surface area contributed by atoms with Crippen LogP contribution in [0.25, 0.3) is 0 Å². The number of rotatable bonds is 8. The first-order valence-corrected chi connectivity index (χ1v) is 8.00. The van der Waals surface area contributed by atoms with Crippen LogP contribution in [-0.2, 0) is 27.4 Å². The van der Waals surface area contributed by atoms with E-state index in [0.29, 0.717) is 39.3 Å². The molecule has 0 aliphatic carbocycles. The van der Waals surface area contributed by atoms with E-state index in [4.69, 9.17) is 14.6 Å². The van der Waals surface area contributed by atoms with Gasteiger partial charge in [-0.25, -0.2) is 4.79 Å². The highest BCUT2D eigenvalue weighted by atomic mass is 16.5. The van der Waals surface area contributed by atoms with E-state index in [-0.39, 0.29) is 12.6 Å². The molecule has 1 unspecified atom stereocenters. The van der Waals surface area contributed by atoms with Gasteiger partial charge in [0, 0.05) is 26.7 Å². The van der Waals surface area contributed by atoms with Crippen molar-refractivity contribution in [2.24, 2.45) is 5.92 Å². The number of aliphatic carboxylic acids is 1. The van der Waals surface area contributed by atoms with E-state index >= 15 is 0 Å². The highest BCUT2D eigenvalue weighted by molar-refractivity contribution is 5.77. The molecule has 2 rings (SSSR count). The lowest BCUT2D eigenvalue weighted by Gasteiger charge is -2.16. The zero-order valence-corrected chi connectivity index (χ0v) is 13.9. The molecule has 1 atom stereocenters. The minimum atomic E-state index is -0.839. The summed E-state index contributed by atoms with van der Waals surface area (Å²) in [6, 6.07) is 7.60. The average molecular weight is 336 g/mol. The van der Waals surface area contributed by atoms with Crippen LogP contribution in [-0.4, -0.2) is 55.4 Å². The number of nitrogens with one attached hydrogen (secondary N) is 1. The molecule has 0 aromatic heterocycles. The van der Waals surface area contributed by atoms with Crippen LogP contribution in [0.2, 0.25) is 0 Å². The Kier molecular flexibility index (Phi) is 7.02. The van der Waals surface area contributed by atoms with Crippen molar-refractivity contribution >= 4 is 12.0 Å². The number of carbonyl (C=O) groups excluding carboxylic acids is 1. The highest BCUT2D eigenvalue weighted by Gasteiger charge is 2.30. The fourth-order valence-corrected chi connectivity index (χ4v) is 2.52. The average Bonchev–Trinajstić information content (AvgIpc) is 3.08. The van der Waals surface area contributed by atoms with Crippen LogP contribution in [0.5, 0.6) is 0 Å². The maximum Gasteiger partial charge on any atom is 0.317 e. The maximum atomic E-state index is 12.0. The van der Waals surface area contributed by atoms with Crippen molar-refractivity contribution in [3.8, 4) is 0 Å². The van der Waals surface area contributed by atoms with Crippen LogP contribution in [0.1, 0.15) is 17.5 Å². The van der Waals surface area contributed by atoms with Crippen LogP contribution < -0.4 is 5.32 Å². The molecule has 7 heteroatoms. The first-order valence-electron chi connectivity index (χ1n) is 8.00. The van der Waals surface area contributed by atoms with Crippen molar-refractivity contribution in [2.75, 3.05) is 33.4 Å². The first kappa shape index (κ1) is 18.2. The maximum absolute atomic E-state index is 12.0. The second-order valence-electron chi connectivity index (χ2n) is 5.79. The summed E-state index contributed by atoms with van der Waals surface area (Å²) in [4.78, 5) is 24.5. The normalized spacial score (nSPS) is 17.0. The van der Waals surface area contributed by atoms with Crippen molar-refractivity contribution < 1.29 is 24.2 Å². The number of carbonyl (C=O) groups is 2. The quantitative estimate of drug-likeness (QED) is 0.702. The van der Waals surface area contributed by atoms with Crippen molar-refractivity contribution in [3.63, 3.8) is 0 Å². The van der Waals surface area contributed by atoms with Crippen LogP contribution >= 0.6 is 0 Å². The fraction of sp³-hybridized carbons (Fsp3) is 0.529. The Labute approximate surface area is 141 Å². The van der Waals surface area contributed by atoms with E-state index in [1.54, 1.807) is 12.0 Å². The Bertz CT molecular complexity index is 546. The van der Waals surface area contributed by atoms with E-state index < -0.39 is 11.9 Å². The van der Waals surface area contributed by atoms with E-state index in [1.807, 2.05) is 24.3 Å². The van der Waals surface area contributed by atoms with Gasteiger partial charge in [-0.15, -0.1) is 0 Å². The van der Waals surface area contributed by atoms with Crippen molar-refractivity contribution in [3.05, 3.63) is 35.4 Å². The molecule has 1 aromatic rings. The number of benzene rings is 1. The van der Waals surface area contributed by atoms with Crippen molar-refractivity contribution in [1.82, 2.24) is 10.2 Å². The number of nitrogens with zero attached hydrogens (tertiary/aromatic N) is 1. The third kappa shape index (κ3) is 5.50. The molecular formula is C17H24N2O5. The number of carboxylic acids is 1. The molecule has 1 aliphatic heterocycles. The standard InChI is InChI=1S/C17H24N2O5/c1-23-8-9-24-12-14-4-2-13(3-5-14)10-18-17(22)19-7-6-15(11-19)16(20)21/h2-5,15H,6-12H2,1H3,(H,18,22)(H,20,21). The van der Waals surface area contributed by atoms with Gasteiger partial charge in [0.1, 0.15) is 0 Å². The van der Waals surface area contributed by atoms with Crippen molar-refractivity contribution in [2.45, 2.75) is 19.6 Å². The van der Waals surface area contributed by atoms with Gasteiger partial charge in [-0.05, 0) is 17.5 Å². The van der Waals surface area contributed by atoms with Crippen LogP contribution in [0.15, 0.2) is 24.3 Å². The van der Waals surface area contributed by atoms with Gasteiger partial charge in [-0.1, -0.05) is 24.3 Å². The van der Waals surface area contributed by atoms with E-state index in [9.17, 15) is 9.59 Å². The smallest absolute Gasteiger partial charge is 0.317 e. The molecule has 1 aliphatic rings. The van der Waals surface area contributed by atoms with Gasteiger partial charge in [0.25, 0.3) is 0 Å².